The van der Waals surface area contributed by atoms with Gasteiger partial charge in [-0.2, -0.15) is 0 Å². The summed E-state index contributed by atoms with van der Waals surface area (Å²) >= 11 is 0. The monoisotopic (exact) mass is 271 g/mol. The van der Waals surface area contributed by atoms with Gasteiger partial charge in [0.2, 0.25) is 0 Å². The summed E-state index contributed by atoms with van der Waals surface area (Å²) in [6, 6.07) is 18.8. The molecule has 98 valence electrons. The third-order valence-electron chi connectivity index (χ3n) is 3.41. The van der Waals surface area contributed by atoms with Gasteiger partial charge in [0.1, 0.15) is 11.0 Å². The molecule has 0 radical (unpaired) electrons. The Balaban J connectivity index is 1.63. The predicted molar refractivity (Wildman–Crippen MR) is 78.2 cm³/mol. The average molecular weight is 271 g/mol. The van der Waals surface area contributed by atoms with Crippen molar-refractivity contribution >= 4 is 11.0 Å². The fraction of sp³-hybridized carbons (Fsp3) is 0.250. The number of hydrogen-bond donors (Lipinski definition) is 0. The summed E-state index contributed by atoms with van der Waals surface area (Å²) in [5.41, 5.74) is 2.52. The van der Waals surface area contributed by atoms with Gasteiger partial charge in [-0.05, 0) is 31.0 Å². The Bertz CT molecular complexity index is 579. The molecule has 1 saturated heterocycles. The van der Waals surface area contributed by atoms with Crippen LogP contribution in [0, 0.1) is 6.92 Å². The van der Waals surface area contributed by atoms with Gasteiger partial charge in [-0.1, -0.05) is 48.0 Å². The van der Waals surface area contributed by atoms with Crippen LogP contribution in [0.1, 0.15) is 11.1 Å². The van der Waals surface area contributed by atoms with E-state index in [0.717, 1.165) is 17.9 Å². The molecule has 2 aromatic rings. The molecule has 3 rings (SSSR count). The predicted octanol–water partition coefficient (Wildman–Crippen LogP) is 2.94. The number of aryl methyl sites for hydroxylation is 1. The number of nitrogens with zero attached hydrogens (tertiary/aromatic N) is 1. The quantitative estimate of drug-likeness (QED) is 0.783. The maximum Gasteiger partial charge on any atom is 0.127 e. The molecule has 2 nitrogen and oxygen atoms in total. The highest BCUT2D eigenvalue weighted by Crippen LogP contribution is 2.27. The zero-order valence-electron chi connectivity index (χ0n) is 11.0. The molecule has 3 atom stereocenters. The normalized spacial score (nSPS) is 23.0. The molecule has 1 heterocycles. The van der Waals surface area contributed by atoms with Crippen molar-refractivity contribution in [3.05, 3.63) is 65.7 Å². The molecule has 1 aliphatic heterocycles. The Morgan fingerprint density at radius 3 is 2.47 bits per heavy atom. The highest BCUT2D eigenvalue weighted by molar-refractivity contribution is 7.83. The molecule has 0 aliphatic carbocycles. The second-order valence-electron chi connectivity index (χ2n) is 5.01. The SMILES string of the molecule is Cc1ccc(S(=O)N2CC2Cc2ccccc2)cc1. The van der Waals surface area contributed by atoms with Crippen LogP contribution in [0.2, 0.25) is 0 Å². The van der Waals surface area contributed by atoms with E-state index in [-0.39, 0.29) is 0 Å². The van der Waals surface area contributed by atoms with Crippen LogP contribution in [-0.4, -0.2) is 21.1 Å². The summed E-state index contributed by atoms with van der Waals surface area (Å²) < 4.78 is 14.4. The molecule has 0 saturated carbocycles. The first-order chi connectivity index (χ1) is 9.24. The summed E-state index contributed by atoms with van der Waals surface area (Å²) in [7, 11) is -1.00. The largest absolute Gasteiger partial charge is 0.237 e. The van der Waals surface area contributed by atoms with E-state index in [9.17, 15) is 4.21 Å². The third kappa shape index (κ3) is 2.94. The van der Waals surface area contributed by atoms with E-state index in [1.807, 2.05) is 37.3 Å². The number of benzene rings is 2. The molecule has 0 N–H and O–H groups in total. The minimum Gasteiger partial charge on any atom is -0.237 e. The smallest absolute Gasteiger partial charge is 0.127 e. The molecule has 0 aromatic heterocycles. The van der Waals surface area contributed by atoms with Crippen molar-refractivity contribution in [2.24, 2.45) is 0 Å². The van der Waals surface area contributed by atoms with E-state index in [4.69, 9.17) is 0 Å². The van der Waals surface area contributed by atoms with Gasteiger partial charge in [0, 0.05) is 12.6 Å². The molecule has 2 aromatic carbocycles. The first-order valence-corrected chi connectivity index (χ1v) is 7.64. The zero-order chi connectivity index (χ0) is 13.2. The lowest BCUT2D eigenvalue weighted by Crippen LogP contribution is -2.08. The molecule has 0 spiro atoms. The average Bonchev–Trinajstić information content (AvgIpc) is 3.19. The standard InChI is InChI=1S/C16H17NOS/c1-13-7-9-16(10-8-13)19(18)17-12-15(17)11-14-5-3-2-4-6-14/h2-10,15H,11-12H2,1H3. The van der Waals surface area contributed by atoms with Crippen molar-refractivity contribution in [1.29, 1.82) is 0 Å². The van der Waals surface area contributed by atoms with Crippen LogP contribution in [0.15, 0.2) is 59.5 Å². The molecule has 0 amide bonds. The minimum absolute atomic E-state index is 0.421. The van der Waals surface area contributed by atoms with Crippen LogP contribution >= 0.6 is 0 Å². The van der Waals surface area contributed by atoms with Gasteiger partial charge in [-0.15, -0.1) is 0 Å². The topological polar surface area (TPSA) is 20.1 Å². The second kappa shape index (κ2) is 5.27. The van der Waals surface area contributed by atoms with Gasteiger partial charge in [-0.25, -0.2) is 8.51 Å². The van der Waals surface area contributed by atoms with Crippen molar-refractivity contribution in [3.8, 4) is 0 Å². The Hall–Kier alpha value is -1.45. The van der Waals surface area contributed by atoms with E-state index >= 15 is 0 Å². The summed E-state index contributed by atoms with van der Waals surface area (Å²) in [4.78, 5) is 0.904. The van der Waals surface area contributed by atoms with Gasteiger partial charge >= 0.3 is 0 Å². The molecule has 3 unspecified atom stereocenters. The summed E-state index contributed by atoms with van der Waals surface area (Å²) in [5.74, 6) is 0. The van der Waals surface area contributed by atoms with Crippen LogP contribution < -0.4 is 0 Å². The maximum atomic E-state index is 12.4. The van der Waals surface area contributed by atoms with Crippen LogP contribution in [0.3, 0.4) is 0 Å². The van der Waals surface area contributed by atoms with Crippen molar-refractivity contribution in [3.63, 3.8) is 0 Å². The van der Waals surface area contributed by atoms with Crippen molar-refractivity contribution < 1.29 is 4.21 Å². The highest BCUT2D eigenvalue weighted by Gasteiger charge is 2.39. The Labute approximate surface area is 116 Å². The number of rotatable bonds is 4. The fourth-order valence-electron chi connectivity index (χ4n) is 2.21. The lowest BCUT2D eigenvalue weighted by molar-refractivity contribution is 0.642. The Morgan fingerprint density at radius 2 is 1.79 bits per heavy atom. The number of hydrogen-bond acceptors (Lipinski definition) is 1. The van der Waals surface area contributed by atoms with Crippen molar-refractivity contribution in [2.75, 3.05) is 6.54 Å². The summed E-state index contributed by atoms with van der Waals surface area (Å²) in [6.45, 7) is 2.97. The third-order valence-corrected chi connectivity index (χ3v) is 4.96. The van der Waals surface area contributed by atoms with Crippen LogP contribution in [0.4, 0.5) is 0 Å². The highest BCUT2D eigenvalue weighted by atomic mass is 32.2. The molecule has 1 aliphatic rings. The van der Waals surface area contributed by atoms with Crippen molar-refractivity contribution in [2.45, 2.75) is 24.3 Å². The summed E-state index contributed by atoms with van der Waals surface area (Å²) in [6.07, 6.45) is 0.985. The molecule has 0 bridgehead atoms. The van der Waals surface area contributed by atoms with Gasteiger partial charge in [0.25, 0.3) is 0 Å². The van der Waals surface area contributed by atoms with E-state index < -0.39 is 11.0 Å². The first-order valence-electron chi connectivity index (χ1n) is 6.53. The van der Waals surface area contributed by atoms with Crippen molar-refractivity contribution in [1.82, 2.24) is 4.31 Å². The van der Waals surface area contributed by atoms with Gasteiger partial charge in [-0.3, -0.25) is 0 Å². The summed E-state index contributed by atoms with van der Waals surface area (Å²) in [5, 5.41) is 0. The van der Waals surface area contributed by atoms with Gasteiger partial charge in [0.15, 0.2) is 0 Å². The van der Waals surface area contributed by atoms with Crippen LogP contribution in [0.25, 0.3) is 0 Å². The van der Waals surface area contributed by atoms with Gasteiger partial charge < -0.3 is 0 Å². The van der Waals surface area contributed by atoms with E-state index in [0.29, 0.717) is 6.04 Å². The first kappa shape index (κ1) is 12.6. The molecular weight excluding hydrogens is 254 g/mol. The molecule has 19 heavy (non-hydrogen) atoms. The molecule has 1 fully saturated rings. The Kier molecular flexibility index (Phi) is 3.49. The van der Waals surface area contributed by atoms with Gasteiger partial charge in [0.05, 0.1) is 4.90 Å². The minimum atomic E-state index is -1.00. The molecule has 3 heteroatoms. The fourth-order valence-corrected chi connectivity index (χ4v) is 3.50. The van der Waals surface area contributed by atoms with Crippen LogP contribution in [0.5, 0.6) is 0 Å². The second-order valence-corrected chi connectivity index (χ2v) is 6.44. The van der Waals surface area contributed by atoms with E-state index in [1.54, 1.807) is 0 Å². The van der Waals surface area contributed by atoms with Crippen LogP contribution in [-0.2, 0) is 17.4 Å². The van der Waals surface area contributed by atoms with E-state index in [1.165, 1.54) is 11.1 Å². The Morgan fingerprint density at radius 1 is 1.11 bits per heavy atom. The maximum absolute atomic E-state index is 12.4. The lowest BCUT2D eigenvalue weighted by atomic mass is 10.1. The lowest BCUT2D eigenvalue weighted by Gasteiger charge is -2.05. The van der Waals surface area contributed by atoms with E-state index in [2.05, 4.69) is 28.6 Å². The zero-order valence-corrected chi connectivity index (χ0v) is 11.8. The molecular formula is C16H17NOS.